The molecule has 3 nitrogen and oxygen atoms in total. The molecule has 1 aromatic rings. The maximum atomic E-state index is 11.8. The summed E-state index contributed by atoms with van der Waals surface area (Å²) in [6.07, 6.45) is 9.20. The van der Waals surface area contributed by atoms with E-state index in [4.69, 9.17) is 9.15 Å². The fourth-order valence-electron chi connectivity index (χ4n) is 2.84. The summed E-state index contributed by atoms with van der Waals surface area (Å²) in [5.74, 6) is -0.203. The zero-order valence-corrected chi connectivity index (χ0v) is 9.18. The zero-order valence-electron chi connectivity index (χ0n) is 9.18. The van der Waals surface area contributed by atoms with Gasteiger partial charge in [0.05, 0.1) is 18.4 Å². The molecule has 2 heterocycles. The Kier molecular flexibility index (Phi) is 1.96. The van der Waals surface area contributed by atoms with Gasteiger partial charge in [0.2, 0.25) is 0 Å². The van der Waals surface area contributed by atoms with Gasteiger partial charge in [-0.25, -0.2) is 0 Å². The van der Waals surface area contributed by atoms with Crippen LogP contribution in [-0.2, 0) is 9.53 Å². The minimum Gasteiger partial charge on any atom is -0.472 e. The molecule has 0 spiro atoms. The van der Waals surface area contributed by atoms with Crippen molar-refractivity contribution in [1.29, 1.82) is 0 Å². The average Bonchev–Trinajstić information content (AvgIpc) is 2.85. The molecule has 0 radical (unpaired) electrons. The number of hydrogen-bond acceptors (Lipinski definition) is 3. The minimum atomic E-state index is -0.159. The molecule has 1 fully saturated rings. The van der Waals surface area contributed by atoms with E-state index in [2.05, 4.69) is 13.0 Å². The first kappa shape index (κ1) is 9.70. The van der Waals surface area contributed by atoms with E-state index in [9.17, 15) is 4.79 Å². The highest BCUT2D eigenvalue weighted by atomic mass is 16.6. The Bertz CT molecular complexity index is 438. The highest BCUT2D eigenvalue weighted by molar-refractivity contribution is 5.78. The molecule has 2 aliphatic rings. The molecule has 1 unspecified atom stereocenters. The van der Waals surface area contributed by atoms with Crippen molar-refractivity contribution in [3.05, 3.63) is 36.3 Å². The Labute approximate surface area is 95.6 Å². The minimum absolute atomic E-state index is 0. The lowest BCUT2D eigenvalue weighted by molar-refractivity contribution is -0.143. The molecule has 0 bridgehead atoms. The van der Waals surface area contributed by atoms with Crippen LogP contribution in [0.2, 0.25) is 0 Å². The molecule has 1 aliphatic heterocycles. The second-order valence-electron chi connectivity index (χ2n) is 4.82. The summed E-state index contributed by atoms with van der Waals surface area (Å²) in [6, 6.07) is 1.88. The second kappa shape index (κ2) is 3.24. The second-order valence-corrected chi connectivity index (χ2v) is 4.82. The van der Waals surface area contributed by atoms with Crippen molar-refractivity contribution < 1.29 is 15.4 Å². The van der Waals surface area contributed by atoms with Crippen LogP contribution in [-0.4, -0.2) is 5.97 Å². The first-order chi connectivity index (χ1) is 7.72. The van der Waals surface area contributed by atoms with Crippen LogP contribution in [0.15, 0.2) is 35.2 Å². The van der Waals surface area contributed by atoms with Crippen LogP contribution < -0.4 is 0 Å². The molecule has 0 aromatic carbocycles. The smallest absolute Gasteiger partial charge is 0.314 e. The van der Waals surface area contributed by atoms with E-state index in [1.807, 2.05) is 12.1 Å². The fraction of sp³-hybridized carbons (Fsp3) is 0.462. The topological polar surface area (TPSA) is 39.4 Å². The van der Waals surface area contributed by atoms with Crippen LogP contribution in [0.25, 0.3) is 0 Å². The lowest BCUT2D eigenvalue weighted by Gasteiger charge is -2.33. The lowest BCUT2D eigenvalue weighted by Crippen LogP contribution is -2.30. The molecule has 0 amide bonds. The van der Waals surface area contributed by atoms with E-state index in [1.165, 1.54) is 0 Å². The van der Waals surface area contributed by atoms with Crippen molar-refractivity contribution >= 4 is 5.97 Å². The Hall–Kier alpha value is -1.51. The van der Waals surface area contributed by atoms with Gasteiger partial charge in [0.25, 0.3) is 0 Å². The molecule has 0 saturated carbocycles. The standard InChI is InChI=1S/C13H14O3.H2/c1-13-6-3-2-4-10(13)12(14)16-11(13)9-5-7-15-8-9;/h2,4-5,7-8,10-11H,3,6H2,1H3;1H/t10?,11-,13+;/m0./s1. The summed E-state index contributed by atoms with van der Waals surface area (Å²) in [7, 11) is 0. The van der Waals surface area contributed by atoms with Gasteiger partial charge < -0.3 is 9.15 Å². The van der Waals surface area contributed by atoms with Gasteiger partial charge in [-0.3, -0.25) is 4.79 Å². The van der Waals surface area contributed by atoms with Gasteiger partial charge in [0, 0.05) is 12.4 Å². The van der Waals surface area contributed by atoms with Crippen LogP contribution in [0, 0.1) is 11.3 Å². The highest BCUT2D eigenvalue weighted by Gasteiger charge is 2.54. The molecule has 3 heteroatoms. The Balaban J connectivity index is 0.00000108. The molecule has 1 aliphatic carbocycles. The van der Waals surface area contributed by atoms with E-state index in [0.717, 1.165) is 18.4 Å². The Morgan fingerprint density at radius 1 is 1.56 bits per heavy atom. The molecule has 1 aromatic heterocycles. The van der Waals surface area contributed by atoms with Gasteiger partial charge in [-0.15, -0.1) is 0 Å². The summed E-state index contributed by atoms with van der Waals surface area (Å²) in [4.78, 5) is 11.8. The van der Waals surface area contributed by atoms with Crippen LogP contribution in [0.4, 0.5) is 0 Å². The molecule has 86 valence electrons. The largest absolute Gasteiger partial charge is 0.472 e. The molecule has 0 N–H and O–H groups in total. The Morgan fingerprint density at radius 2 is 2.44 bits per heavy atom. The summed E-state index contributed by atoms with van der Waals surface area (Å²) in [5.41, 5.74) is 0.851. The average molecular weight is 220 g/mol. The predicted octanol–water partition coefficient (Wildman–Crippen LogP) is 3.10. The number of fused-ring (bicyclic) bond motifs is 1. The molecule has 3 atom stereocenters. The van der Waals surface area contributed by atoms with E-state index >= 15 is 0 Å². The van der Waals surface area contributed by atoms with Gasteiger partial charge in [-0.05, 0) is 18.9 Å². The van der Waals surface area contributed by atoms with Crippen LogP contribution >= 0.6 is 0 Å². The lowest BCUT2D eigenvalue weighted by atomic mass is 9.68. The van der Waals surface area contributed by atoms with E-state index in [-0.39, 0.29) is 24.8 Å². The number of carbonyl (C=O) groups excluding carboxylic acids is 1. The van der Waals surface area contributed by atoms with Gasteiger partial charge in [-0.2, -0.15) is 0 Å². The quantitative estimate of drug-likeness (QED) is 0.539. The number of cyclic esters (lactones) is 1. The van der Waals surface area contributed by atoms with Crippen LogP contribution in [0.1, 0.15) is 32.9 Å². The summed E-state index contributed by atoms with van der Waals surface area (Å²) in [5, 5.41) is 0. The van der Waals surface area contributed by atoms with Gasteiger partial charge in [-0.1, -0.05) is 19.1 Å². The number of esters is 1. The van der Waals surface area contributed by atoms with Crippen LogP contribution in [0.5, 0.6) is 0 Å². The first-order valence-electron chi connectivity index (χ1n) is 5.61. The third kappa shape index (κ3) is 1.17. The van der Waals surface area contributed by atoms with Crippen molar-refractivity contribution in [2.75, 3.05) is 0 Å². The van der Waals surface area contributed by atoms with Crippen molar-refractivity contribution in [3.63, 3.8) is 0 Å². The van der Waals surface area contributed by atoms with Gasteiger partial charge in [0.1, 0.15) is 6.10 Å². The van der Waals surface area contributed by atoms with E-state index < -0.39 is 0 Å². The highest BCUT2D eigenvalue weighted by Crippen LogP contribution is 2.54. The van der Waals surface area contributed by atoms with Crippen LogP contribution in [0.3, 0.4) is 0 Å². The first-order valence-corrected chi connectivity index (χ1v) is 5.61. The number of allylic oxidation sites excluding steroid dienone is 1. The number of rotatable bonds is 1. The van der Waals surface area contributed by atoms with E-state index in [0.29, 0.717) is 0 Å². The summed E-state index contributed by atoms with van der Waals surface area (Å²) >= 11 is 0. The number of ether oxygens (including phenoxy) is 1. The number of furan rings is 1. The zero-order chi connectivity index (χ0) is 11.2. The molecular weight excluding hydrogens is 204 g/mol. The van der Waals surface area contributed by atoms with E-state index in [1.54, 1.807) is 12.5 Å². The maximum Gasteiger partial charge on any atom is 0.314 e. The van der Waals surface area contributed by atoms with Gasteiger partial charge >= 0.3 is 5.97 Å². The molecular formula is C13H16O3. The van der Waals surface area contributed by atoms with Crippen molar-refractivity contribution in [3.8, 4) is 0 Å². The molecule has 16 heavy (non-hydrogen) atoms. The third-order valence-corrected chi connectivity index (χ3v) is 3.82. The molecule has 3 rings (SSSR count). The predicted molar refractivity (Wildman–Crippen MR) is 59.6 cm³/mol. The fourth-order valence-corrected chi connectivity index (χ4v) is 2.84. The van der Waals surface area contributed by atoms with Gasteiger partial charge in [0.15, 0.2) is 0 Å². The van der Waals surface area contributed by atoms with Crippen molar-refractivity contribution in [2.24, 2.45) is 11.3 Å². The molecule has 1 saturated heterocycles. The summed E-state index contributed by atoms with van der Waals surface area (Å²) < 4.78 is 10.6. The summed E-state index contributed by atoms with van der Waals surface area (Å²) in [6.45, 7) is 2.13. The van der Waals surface area contributed by atoms with Crippen molar-refractivity contribution in [1.82, 2.24) is 0 Å². The number of carbonyl (C=O) groups is 1. The van der Waals surface area contributed by atoms with Crippen molar-refractivity contribution in [2.45, 2.75) is 25.9 Å². The maximum absolute atomic E-state index is 11.8. The monoisotopic (exact) mass is 220 g/mol. The Morgan fingerprint density at radius 3 is 3.19 bits per heavy atom. The normalized spacial score (nSPS) is 37.2. The SMILES string of the molecule is C[C@@]12CCC=CC1C(=O)O[C@H]2c1ccoc1.[HH]. The third-order valence-electron chi connectivity index (χ3n) is 3.82. The number of hydrogen-bond donors (Lipinski definition) is 0.